The van der Waals surface area contributed by atoms with Crippen molar-refractivity contribution in [3.63, 3.8) is 0 Å². The molecule has 0 aliphatic rings. The van der Waals surface area contributed by atoms with E-state index in [9.17, 15) is 9.18 Å². The molecule has 7 heteroatoms. The van der Waals surface area contributed by atoms with E-state index in [1.165, 1.54) is 19.2 Å². The molecule has 0 bridgehead atoms. The number of nitrogens with zero attached hydrogens (tertiary/aromatic N) is 2. The van der Waals surface area contributed by atoms with E-state index in [2.05, 4.69) is 26.3 Å². The molecule has 0 radical (unpaired) electrons. The van der Waals surface area contributed by atoms with Gasteiger partial charge < -0.3 is 10.1 Å². The molecular weight excluding hydrogens is 389 g/mol. The van der Waals surface area contributed by atoms with E-state index in [1.807, 2.05) is 24.3 Å². The summed E-state index contributed by atoms with van der Waals surface area (Å²) in [4.78, 5) is 12.5. The van der Waals surface area contributed by atoms with Gasteiger partial charge in [-0.25, -0.2) is 9.07 Å². The minimum atomic E-state index is -0.507. The molecular formula is C18H15BrFN3O2. The molecule has 3 rings (SSSR count). The van der Waals surface area contributed by atoms with Gasteiger partial charge in [-0.15, -0.1) is 0 Å². The first-order valence-corrected chi connectivity index (χ1v) is 8.28. The van der Waals surface area contributed by atoms with E-state index < -0.39 is 11.7 Å². The molecule has 1 N–H and O–H groups in total. The van der Waals surface area contributed by atoms with Crippen molar-refractivity contribution in [1.82, 2.24) is 9.78 Å². The predicted octanol–water partition coefficient (Wildman–Crippen LogP) is 4.09. The number of halogens is 2. The fraction of sp³-hybridized carbons (Fsp3) is 0.111. The number of amides is 1. The number of rotatable bonds is 5. The van der Waals surface area contributed by atoms with E-state index in [-0.39, 0.29) is 5.56 Å². The third kappa shape index (κ3) is 3.88. The average Bonchev–Trinajstić information content (AvgIpc) is 3.03. The number of carbonyl (C=O) groups excluding carboxylic acids is 1. The molecule has 0 saturated carbocycles. The van der Waals surface area contributed by atoms with Gasteiger partial charge in [0.25, 0.3) is 5.91 Å². The Labute approximate surface area is 152 Å². The van der Waals surface area contributed by atoms with Crippen LogP contribution >= 0.6 is 15.9 Å². The third-order valence-corrected chi connectivity index (χ3v) is 4.42. The molecule has 1 amide bonds. The first-order valence-electron chi connectivity index (χ1n) is 7.48. The first kappa shape index (κ1) is 17.2. The average molecular weight is 404 g/mol. The lowest BCUT2D eigenvalue weighted by molar-refractivity contribution is 0.102. The van der Waals surface area contributed by atoms with E-state index >= 15 is 0 Å². The Hall–Kier alpha value is -2.67. The lowest BCUT2D eigenvalue weighted by Crippen LogP contribution is -2.17. The van der Waals surface area contributed by atoms with Gasteiger partial charge in [-0.2, -0.15) is 5.10 Å². The van der Waals surface area contributed by atoms with Crippen LogP contribution in [0, 0.1) is 5.82 Å². The third-order valence-electron chi connectivity index (χ3n) is 3.64. The Morgan fingerprint density at radius 2 is 2.08 bits per heavy atom. The molecule has 0 aliphatic heterocycles. The number of anilines is 1. The van der Waals surface area contributed by atoms with Gasteiger partial charge in [-0.1, -0.05) is 34.1 Å². The zero-order valence-electron chi connectivity index (χ0n) is 13.4. The molecule has 5 nitrogen and oxygen atoms in total. The topological polar surface area (TPSA) is 56.1 Å². The Balaban J connectivity index is 1.83. The van der Waals surface area contributed by atoms with Gasteiger partial charge in [0.2, 0.25) is 0 Å². The van der Waals surface area contributed by atoms with Crippen molar-refractivity contribution >= 4 is 27.7 Å². The summed E-state index contributed by atoms with van der Waals surface area (Å²) in [5.74, 6) is -0.166. The maximum atomic E-state index is 13.5. The van der Waals surface area contributed by atoms with E-state index in [4.69, 9.17) is 4.74 Å². The monoisotopic (exact) mass is 403 g/mol. The number of hydrogen-bond acceptors (Lipinski definition) is 3. The van der Waals surface area contributed by atoms with Crippen molar-refractivity contribution < 1.29 is 13.9 Å². The number of ether oxygens (including phenoxy) is 1. The van der Waals surface area contributed by atoms with Gasteiger partial charge in [0.15, 0.2) is 0 Å². The van der Waals surface area contributed by atoms with Crippen LogP contribution in [0.15, 0.2) is 59.2 Å². The lowest BCUT2D eigenvalue weighted by atomic mass is 10.2. The predicted molar refractivity (Wildman–Crippen MR) is 96.4 cm³/mol. The number of aromatic nitrogens is 2. The van der Waals surface area contributed by atoms with Crippen LogP contribution in [0.3, 0.4) is 0 Å². The summed E-state index contributed by atoms with van der Waals surface area (Å²) in [5, 5.41) is 6.98. The van der Waals surface area contributed by atoms with Crippen LogP contribution in [-0.4, -0.2) is 22.8 Å². The number of benzene rings is 2. The summed E-state index contributed by atoms with van der Waals surface area (Å²) in [6, 6.07) is 13.2. The van der Waals surface area contributed by atoms with Gasteiger partial charge in [-0.3, -0.25) is 4.79 Å². The second-order valence-corrected chi connectivity index (χ2v) is 6.12. The van der Waals surface area contributed by atoms with Crippen molar-refractivity contribution in [3.8, 4) is 5.75 Å². The highest BCUT2D eigenvalue weighted by molar-refractivity contribution is 9.10. The molecule has 0 fully saturated rings. The van der Waals surface area contributed by atoms with Crippen molar-refractivity contribution in [2.75, 3.05) is 12.4 Å². The van der Waals surface area contributed by atoms with E-state index in [0.717, 1.165) is 16.1 Å². The summed E-state index contributed by atoms with van der Waals surface area (Å²) in [5.41, 5.74) is 1.14. The quantitative estimate of drug-likeness (QED) is 0.697. The molecule has 1 aromatic heterocycles. The zero-order valence-corrected chi connectivity index (χ0v) is 15.0. The van der Waals surface area contributed by atoms with Crippen LogP contribution < -0.4 is 10.1 Å². The molecule has 2 aromatic carbocycles. The molecule has 25 heavy (non-hydrogen) atoms. The normalized spacial score (nSPS) is 10.5. The van der Waals surface area contributed by atoms with E-state index in [1.54, 1.807) is 16.9 Å². The van der Waals surface area contributed by atoms with Gasteiger partial charge >= 0.3 is 0 Å². The fourth-order valence-corrected chi connectivity index (χ4v) is 2.80. The molecule has 0 saturated heterocycles. The molecule has 0 aliphatic carbocycles. The Morgan fingerprint density at radius 1 is 1.28 bits per heavy atom. The highest BCUT2D eigenvalue weighted by Crippen LogP contribution is 2.22. The smallest absolute Gasteiger partial charge is 0.260 e. The van der Waals surface area contributed by atoms with Crippen molar-refractivity contribution in [2.45, 2.75) is 6.54 Å². The SMILES string of the molecule is COc1ccc(F)cc1C(=O)Nc1ccnn1Cc1ccccc1Br. The summed E-state index contributed by atoms with van der Waals surface area (Å²) in [6.45, 7) is 0.477. The van der Waals surface area contributed by atoms with Crippen LogP contribution in [0.4, 0.5) is 10.2 Å². The largest absolute Gasteiger partial charge is 0.496 e. The van der Waals surface area contributed by atoms with Crippen molar-refractivity contribution in [3.05, 3.63) is 76.1 Å². The second kappa shape index (κ2) is 7.48. The highest BCUT2D eigenvalue weighted by atomic mass is 79.9. The van der Waals surface area contributed by atoms with Crippen LogP contribution in [-0.2, 0) is 6.54 Å². The van der Waals surface area contributed by atoms with Crippen molar-refractivity contribution in [2.24, 2.45) is 0 Å². The highest BCUT2D eigenvalue weighted by Gasteiger charge is 2.16. The van der Waals surface area contributed by atoms with E-state index in [0.29, 0.717) is 18.1 Å². The second-order valence-electron chi connectivity index (χ2n) is 5.26. The minimum absolute atomic E-state index is 0.121. The Kier molecular flexibility index (Phi) is 5.14. The molecule has 0 atom stereocenters. The summed E-state index contributed by atoms with van der Waals surface area (Å²) < 4.78 is 21.2. The van der Waals surface area contributed by atoms with Crippen LogP contribution in [0.2, 0.25) is 0 Å². The van der Waals surface area contributed by atoms with Crippen LogP contribution in [0.1, 0.15) is 15.9 Å². The standard InChI is InChI=1S/C18H15BrFN3O2/c1-25-16-7-6-13(20)10-14(16)18(24)22-17-8-9-21-23(17)11-12-4-2-3-5-15(12)19/h2-10H,11H2,1H3,(H,22,24). The molecule has 1 heterocycles. The number of nitrogens with one attached hydrogen (secondary N) is 1. The first-order chi connectivity index (χ1) is 12.1. The van der Waals surface area contributed by atoms with Crippen molar-refractivity contribution in [1.29, 1.82) is 0 Å². The molecule has 3 aromatic rings. The van der Waals surface area contributed by atoms with Gasteiger partial charge in [0.05, 0.1) is 25.4 Å². The van der Waals surface area contributed by atoms with Gasteiger partial charge in [0, 0.05) is 10.5 Å². The lowest BCUT2D eigenvalue weighted by Gasteiger charge is -2.12. The number of methoxy groups -OCH3 is 1. The summed E-state index contributed by atoms with van der Waals surface area (Å²) >= 11 is 3.49. The minimum Gasteiger partial charge on any atom is -0.496 e. The fourth-order valence-electron chi connectivity index (χ4n) is 2.39. The van der Waals surface area contributed by atoms with Crippen LogP contribution in [0.25, 0.3) is 0 Å². The number of hydrogen-bond donors (Lipinski definition) is 1. The van der Waals surface area contributed by atoms with Gasteiger partial charge in [-0.05, 0) is 29.8 Å². The maximum Gasteiger partial charge on any atom is 0.260 e. The molecule has 0 spiro atoms. The molecule has 0 unspecified atom stereocenters. The Bertz CT molecular complexity index is 911. The van der Waals surface area contributed by atoms with Crippen LogP contribution in [0.5, 0.6) is 5.75 Å². The molecule has 128 valence electrons. The summed E-state index contributed by atoms with van der Waals surface area (Å²) in [7, 11) is 1.43. The Morgan fingerprint density at radius 3 is 2.84 bits per heavy atom. The zero-order chi connectivity index (χ0) is 17.8. The maximum absolute atomic E-state index is 13.5. The number of carbonyl (C=O) groups is 1. The van der Waals surface area contributed by atoms with Gasteiger partial charge in [0.1, 0.15) is 17.4 Å². The summed E-state index contributed by atoms with van der Waals surface area (Å²) in [6.07, 6.45) is 1.59.